The monoisotopic (exact) mass is 326 g/mol. The lowest BCUT2D eigenvalue weighted by Crippen LogP contribution is -2.30. The minimum absolute atomic E-state index is 0.157. The van der Waals surface area contributed by atoms with Gasteiger partial charge in [-0.1, -0.05) is 0 Å². The van der Waals surface area contributed by atoms with Crippen molar-refractivity contribution >= 4 is 5.91 Å². The fraction of sp³-hybridized carbons (Fsp3) is 0.529. The number of aromatic nitrogens is 4. The predicted octanol–water partition coefficient (Wildman–Crippen LogP) is 1.78. The molecule has 0 saturated heterocycles. The van der Waals surface area contributed by atoms with E-state index in [2.05, 4.69) is 16.3 Å². The zero-order valence-corrected chi connectivity index (χ0v) is 14.2. The number of aryl methyl sites for hydroxylation is 4. The molecule has 0 spiro atoms. The van der Waals surface area contributed by atoms with Crippen LogP contribution in [0.1, 0.15) is 42.0 Å². The Labute approximate surface area is 141 Å². The molecule has 0 fully saturated rings. The third-order valence-corrected chi connectivity index (χ3v) is 4.35. The molecule has 1 amide bonds. The third-order valence-electron chi connectivity index (χ3n) is 4.35. The number of amides is 1. The Morgan fingerprint density at radius 1 is 1.29 bits per heavy atom. The van der Waals surface area contributed by atoms with Crippen LogP contribution in [-0.2, 0) is 24.4 Å². The highest BCUT2D eigenvalue weighted by Crippen LogP contribution is 2.15. The van der Waals surface area contributed by atoms with E-state index in [0.29, 0.717) is 18.7 Å². The zero-order valence-electron chi connectivity index (χ0n) is 14.2. The van der Waals surface area contributed by atoms with E-state index in [4.69, 9.17) is 5.26 Å². The number of hydrogen-bond acceptors (Lipinski definition) is 4. The molecular formula is C17H22N6O. The average Bonchev–Trinajstić information content (AvgIpc) is 3.02. The molecule has 0 N–H and O–H groups in total. The van der Waals surface area contributed by atoms with Crippen LogP contribution in [0.15, 0.2) is 12.1 Å². The fourth-order valence-electron chi connectivity index (χ4n) is 3.17. The van der Waals surface area contributed by atoms with Crippen LogP contribution >= 0.6 is 0 Å². The van der Waals surface area contributed by atoms with Crippen molar-refractivity contribution in [2.75, 3.05) is 6.54 Å². The molecule has 126 valence electrons. The number of fused-ring (bicyclic) bond motifs is 1. The average molecular weight is 326 g/mol. The van der Waals surface area contributed by atoms with Crippen molar-refractivity contribution in [3.05, 3.63) is 34.9 Å². The second kappa shape index (κ2) is 6.87. The molecule has 1 aliphatic rings. The molecule has 3 heterocycles. The van der Waals surface area contributed by atoms with Crippen LogP contribution in [0.4, 0.5) is 0 Å². The molecule has 0 unspecified atom stereocenters. The first-order chi connectivity index (χ1) is 11.6. The maximum absolute atomic E-state index is 12.5. The summed E-state index contributed by atoms with van der Waals surface area (Å²) in [5.41, 5.74) is 3.50. The Bertz CT molecular complexity index is 782. The number of rotatable bonds is 4. The summed E-state index contributed by atoms with van der Waals surface area (Å²) in [6, 6.07) is 5.89. The SMILES string of the molecule is Cc1cc(C)n(CCCC(=O)N2CCCn3nc(C#N)cc3C2)n1. The van der Waals surface area contributed by atoms with Gasteiger partial charge in [0, 0.05) is 31.7 Å². The van der Waals surface area contributed by atoms with Gasteiger partial charge in [0.1, 0.15) is 6.07 Å². The zero-order chi connectivity index (χ0) is 17.1. The highest BCUT2D eigenvalue weighted by Gasteiger charge is 2.20. The molecule has 0 bridgehead atoms. The maximum Gasteiger partial charge on any atom is 0.222 e. The van der Waals surface area contributed by atoms with Crippen molar-refractivity contribution < 1.29 is 4.79 Å². The molecule has 1 aliphatic heterocycles. The number of nitrogens with zero attached hydrogens (tertiary/aromatic N) is 6. The highest BCUT2D eigenvalue weighted by atomic mass is 16.2. The first-order valence-corrected chi connectivity index (χ1v) is 8.32. The topological polar surface area (TPSA) is 79.7 Å². The van der Waals surface area contributed by atoms with E-state index in [-0.39, 0.29) is 5.91 Å². The van der Waals surface area contributed by atoms with Crippen molar-refractivity contribution in [3.8, 4) is 6.07 Å². The fourth-order valence-corrected chi connectivity index (χ4v) is 3.17. The van der Waals surface area contributed by atoms with Gasteiger partial charge in [-0.05, 0) is 38.8 Å². The molecule has 7 heteroatoms. The van der Waals surface area contributed by atoms with Gasteiger partial charge in [0.25, 0.3) is 0 Å². The lowest BCUT2D eigenvalue weighted by Gasteiger charge is -2.20. The molecule has 0 atom stereocenters. The molecule has 2 aromatic rings. The normalized spacial score (nSPS) is 14.1. The van der Waals surface area contributed by atoms with Gasteiger partial charge in [-0.15, -0.1) is 0 Å². The number of carbonyl (C=O) groups is 1. The smallest absolute Gasteiger partial charge is 0.222 e. The van der Waals surface area contributed by atoms with Gasteiger partial charge in [0.2, 0.25) is 5.91 Å². The molecule has 0 radical (unpaired) electrons. The first-order valence-electron chi connectivity index (χ1n) is 8.32. The molecule has 0 aromatic carbocycles. The van der Waals surface area contributed by atoms with Gasteiger partial charge >= 0.3 is 0 Å². The van der Waals surface area contributed by atoms with Gasteiger partial charge in [-0.3, -0.25) is 14.2 Å². The quantitative estimate of drug-likeness (QED) is 0.858. The third kappa shape index (κ3) is 3.48. The molecular weight excluding hydrogens is 304 g/mol. The Hall–Kier alpha value is -2.62. The summed E-state index contributed by atoms with van der Waals surface area (Å²) in [6.07, 6.45) is 2.15. The summed E-state index contributed by atoms with van der Waals surface area (Å²) < 4.78 is 3.81. The van der Waals surface area contributed by atoms with E-state index < -0.39 is 0 Å². The summed E-state index contributed by atoms with van der Waals surface area (Å²) in [4.78, 5) is 14.4. The van der Waals surface area contributed by atoms with E-state index >= 15 is 0 Å². The van der Waals surface area contributed by atoms with Gasteiger partial charge in [0.05, 0.1) is 17.9 Å². The first kappa shape index (κ1) is 16.2. The number of nitriles is 1. The summed E-state index contributed by atoms with van der Waals surface area (Å²) in [5, 5.41) is 17.6. The van der Waals surface area contributed by atoms with Crippen molar-refractivity contribution in [1.29, 1.82) is 5.26 Å². The Morgan fingerprint density at radius 3 is 2.83 bits per heavy atom. The van der Waals surface area contributed by atoms with Gasteiger partial charge in [0.15, 0.2) is 5.69 Å². The van der Waals surface area contributed by atoms with E-state index in [1.807, 2.05) is 34.2 Å². The highest BCUT2D eigenvalue weighted by molar-refractivity contribution is 5.76. The van der Waals surface area contributed by atoms with E-state index in [0.717, 1.165) is 49.6 Å². The van der Waals surface area contributed by atoms with E-state index in [1.165, 1.54) is 0 Å². The van der Waals surface area contributed by atoms with Crippen LogP contribution in [0.3, 0.4) is 0 Å². The Morgan fingerprint density at radius 2 is 2.12 bits per heavy atom. The lowest BCUT2D eigenvalue weighted by molar-refractivity contribution is -0.132. The molecule has 24 heavy (non-hydrogen) atoms. The van der Waals surface area contributed by atoms with Crippen LogP contribution in [0, 0.1) is 25.2 Å². The van der Waals surface area contributed by atoms with E-state index in [1.54, 1.807) is 6.07 Å². The minimum atomic E-state index is 0.157. The summed E-state index contributed by atoms with van der Waals surface area (Å²) in [5.74, 6) is 0.157. The van der Waals surface area contributed by atoms with Crippen molar-refractivity contribution in [1.82, 2.24) is 24.5 Å². The van der Waals surface area contributed by atoms with Crippen LogP contribution in [0.5, 0.6) is 0 Å². The van der Waals surface area contributed by atoms with Gasteiger partial charge in [-0.25, -0.2) is 0 Å². The lowest BCUT2D eigenvalue weighted by atomic mass is 10.2. The van der Waals surface area contributed by atoms with Crippen molar-refractivity contribution in [3.63, 3.8) is 0 Å². The predicted molar refractivity (Wildman–Crippen MR) is 87.9 cm³/mol. The summed E-state index contributed by atoms with van der Waals surface area (Å²) >= 11 is 0. The molecule has 7 nitrogen and oxygen atoms in total. The van der Waals surface area contributed by atoms with Crippen LogP contribution in [0.2, 0.25) is 0 Å². The van der Waals surface area contributed by atoms with Gasteiger partial charge in [-0.2, -0.15) is 15.5 Å². The summed E-state index contributed by atoms with van der Waals surface area (Å²) in [7, 11) is 0. The molecule has 3 rings (SSSR count). The van der Waals surface area contributed by atoms with Crippen molar-refractivity contribution in [2.24, 2.45) is 0 Å². The van der Waals surface area contributed by atoms with Crippen molar-refractivity contribution in [2.45, 2.75) is 52.7 Å². The second-order valence-electron chi connectivity index (χ2n) is 6.28. The largest absolute Gasteiger partial charge is 0.337 e. The number of hydrogen-bond donors (Lipinski definition) is 0. The minimum Gasteiger partial charge on any atom is -0.337 e. The standard InChI is InChI=1S/C17H22N6O/c1-13-9-14(2)22(19-13)7-3-5-17(24)21-6-4-8-23-16(12-21)10-15(11-18)20-23/h9-10H,3-8,12H2,1-2H3. The Balaban J connectivity index is 1.56. The Kier molecular flexibility index (Phi) is 4.65. The number of carbonyl (C=O) groups excluding carboxylic acids is 1. The van der Waals surface area contributed by atoms with Crippen LogP contribution in [0.25, 0.3) is 0 Å². The van der Waals surface area contributed by atoms with Gasteiger partial charge < -0.3 is 4.90 Å². The second-order valence-corrected chi connectivity index (χ2v) is 6.28. The molecule has 0 aliphatic carbocycles. The maximum atomic E-state index is 12.5. The van der Waals surface area contributed by atoms with Crippen LogP contribution < -0.4 is 0 Å². The van der Waals surface area contributed by atoms with Crippen LogP contribution in [-0.4, -0.2) is 36.9 Å². The molecule has 2 aromatic heterocycles. The van der Waals surface area contributed by atoms with E-state index in [9.17, 15) is 4.79 Å². The summed E-state index contributed by atoms with van der Waals surface area (Å²) in [6.45, 7) is 6.80. The molecule has 0 saturated carbocycles.